The van der Waals surface area contributed by atoms with Crippen LogP contribution in [0.5, 0.6) is 5.75 Å². The molecule has 10 heteroatoms. The Bertz CT molecular complexity index is 1680. The van der Waals surface area contributed by atoms with Gasteiger partial charge in [0.1, 0.15) is 11.5 Å². The highest BCUT2D eigenvalue weighted by Gasteiger charge is 2.26. The van der Waals surface area contributed by atoms with Crippen molar-refractivity contribution in [3.05, 3.63) is 108 Å². The van der Waals surface area contributed by atoms with E-state index in [4.69, 9.17) is 14.1 Å². The summed E-state index contributed by atoms with van der Waals surface area (Å²) in [5, 5.41) is 0.502. The SMILES string of the molecule is CCOc1ccc2nc(N(Cc3ccco3)C(=O)c3ccc(S(=O)(=O)N(CC)Cc4ccccc4)cc3)sc2c1. The number of ether oxygens (including phenoxy) is 1. The summed E-state index contributed by atoms with van der Waals surface area (Å²) in [6.45, 7) is 5.03. The largest absolute Gasteiger partial charge is 0.494 e. The summed E-state index contributed by atoms with van der Waals surface area (Å²) in [7, 11) is -3.76. The van der Waals surface area contributed by atoms with Crippen LogP contribution >= 0.6 is 11.3 Å². The lowest BCUT2D eigenvalue weighted by atomic mass is 10.2. The summed E-state index contributed by atoms with van der Waals surface area (Å²) < 4.78 is 40.2. The molecule has 0 N–H and O–H groups in total. The number of furan rings is 1. The van der Waals surface area contributed by atoms with E-state index in [2.05, 4.69) is 0 Å². The van der Waals surface area contributed by atoms with E-state index in [1.807, 2.05) is 55.5 Å². The van der Waals surface area contributed by atoms with Gasteiger partial charge in [0.15, 0.2) is 5.13 Å². The van der Waals surface area contributed by atoms with E-state index >= 15 is 0 Å². The number of thiazole rings is 1. The molecule has 0 fully saturated rings. The minimum atomic E-state index is -3.76. The van der Waals surface area contributed by atoms with E-state index < -0.39 is 10.0 Å². The number of sulfonamides is 1. The van der Waals surface area contributed by atoms with Crippen molar-refractivity contribution in [2.45, 2.75) is 31.8 Å². The van der Waals surface area contributed by atoms with Crippen molar-refractivity contribution >= 4 is 42.6 Å². The quantitative estimate of drug-likeness (QED) is 0.182. The molecule has 8 nitrogen and oxygen atoms in total. The average Bonchev–Trinajstić information content (AvgIpc) is 3.64. The number of rotatable bonds is 11. The second kappa shape index (κ2) is 12.0. The van der Waals surface area contributed by atoms with Crippen molar-refractivity contribution in [2.24, 2.45) is 0 Å². The third-order valence-electron chi connectivity index (χ3n) is 6.32. The molecule has 0 bridgehead atoms. The maximum absolute atomic E-state index is 13.8. The molecule has 0 radical (unpaired) electrons. The summed E-state index contributed by atoms with van der Waals surface area (Å²) in [5.74, 6) is 1.02. The Hall–Kier alpha value is -3.99. The number of hydrogen-bond acceptors (Lipinski definition) is 7. The summed E-state index contributed by atoms with van der Waals surface area (Å²) in [6.07, 6.45) is 1.55. The fourth-order valence-corrected chi connectivity index (χ4v) is 6.71. The van der Waals surface area contributed by atoms with Gasteiger partial charge in [-0.05, 0) is 67.1 Å². The van der Waals surface area contributed by atoms with Crippen LogP contribution in [-0.4, -0.2) is 36.8 Å². The van der Waals surface area contributed by atoms with Crippen LogP contribution < -0.4 is 9.64 Å². The van der Waals surface area contributed by atoms with E-state index in [1.165, 1.54) is 27.8 Å². The highest BCUT2D eigenvalue weighted by Crippen LogP contribution is 2.33. The number of hydrogen-bond donors (Lipinski definition) is 0. The first-order valence-electron chi connectivity index (χ1n) is 12.9. The predicted molar refractivity (Wildman–Crippen MR) is 156 cm³/mol. The number of anilines is 1. The van der Waals surface area contributed by atoms with E-state index in [0.29, 0.717) is 29.6 Å². The van der Waals surface area contributed by atoms with Gasteiger partial charge in [0.05, 0.1) is 34.5 Å². The molecule has 0 spiro atoms. The molecule has 0 saturated carbocycles. The van der Waals surface area contributed by atoms with Gasteiger partial charge < -0.3 is 9.15 Å². The van der Waals surface area contributed by atoms with Gasteiger partial charge in [-0.2, -0.15) is 4.31 Å². The molecule has 3 aromatic carbocycles. The van der Waals surface area contributed by atoms with Crippen molar-refractivity contribution < 1.29 is 22.4 Å². The zero-order valence-corrected chi connectivity index (χ0v) is 23.8. The van der Waals surface area contributed by atoms with Crippen molar-refractivity contribution in [3.63, 3.8) is 0 Å². The maximum Gasteiger partial charge on any atom is 0.260 e. The van der Waals surface area contributed by atoms with Crippen LogP contribution in [0, 0.1) is 0 Å². The highest BCUT2D eigenvalue weighted by atomic mass is 32.2. The standard InChI is InChI=1S/C30H29N3O5S2/c1-3-32(20-22-9-6-5-7-10-22)40(35,36)26-15-12-23(13-16-26)29(34)33(21-25-11-8-18-38-25)30-31-27-17-14-24(37-4-2)19-28(27)39-30/h5-19H,3-4,20-21H2,1-2H3. The molecule has 0 saturated heterocycles. The maximum atomic E-state index is 13.8. The highest BCUT2D eigenvalue weighted by molar-refractivity contribution is 7.89. The lowest BCUT2D eigenvalue weighted by Crippen LogP contribution is -2.31. The molecule has 5 aromatic rings. The van der Waals surface area contributed by atoms with Crippen molar-refractivity contribution in [2.75, 3.05) is 18.1 Å². The number of fused-ring (bicyclic) bond motifs is 1. The third-order valence-corrected chi connectivity index (χ3v) is 9.30. The average molecular weight is 576 g/mol. The van der Waals surface area contributed by atoms with Gasteiger partial charge in [0.2, 0.25) is 10.0 Å². The van der Waals surface area contributed by atoms with Crippen molar-refractivity contribution in [1.82, 2.24) is 9.29 Å². The van der Waals surface area contributed by atoms with Crippen LogP contribution in [0.15, 0.2) is 101 Å². The molecule has 0 aliphatic heterocycles. The molecule has 0 unspecified atom stereocenters. The Balaban J connectivity index is 1.43. The fourth-order valence-electron chi connectivity index (χ4n) is 4.28. The number of aromatic nitrogens is 1. The van der Waals surface area contributed by atoms with Crippen LogP contribution in [0.2, 0.25) is 0 Å². The first-order valence-corrected chi connectivity index (χ1v) is 15.2. The van der Waals surface area contributed by atoms with Gasteiger partial charge in [-0.15, -0.1) is 0 Å². The minimum Gasteiger partial charge on any atom is -0.494 e. The van der Waals surface area contributed by atoms with Crippen LogP contribution in [-0.2, 0) is 23.1 Å². The first-order chi connectivity index (χ1) is 19.4. The Kier molecular flexibility index (Phi) is 8.29. The Morgan fingerprint density at radius 1 is 0.950 bits per heavy atom. The molecular weight excluding hydrogens is 546 g/mol. The molecule has 206 valence electrons. The number of nitrogens with zero attached hydrogens (tertiary/aromatic N) is 3. The van der Waals surface area contributed by atoms with E-state index in [0.717, 1.165) is 21.5 Å². The Morgan fingerprint density at radius 3 is 2.40 bits per heavy atom. The molecule has 0 aliphatic carbocycles. The van der Waals surface area contributed by atoms with Gasteiger partial charge in [0, 0.05) is 18.7 Å². The topological polar surface area (TPSA) is 93.0 Å². The third kappa shape index (κ3) is 5.94. The van der Waals surface area contributed by atoms with Crippen LogP contribution in [0.25, 0.3) is 10.2 Å². The molecule has 0 aliphatic rings. The van der Waals surface area contributed by atoms with Gasteiger partial charge >= 0.3 is 0 Å². The number of carbonyl (C=O) groups is 1. The molecular formula is C30H29N3O5S2. The van der Waals surface area contributed by atoms with Crippen LogP contribution in [0.4, 0.5) is 5.13 Å². The summed E-state index contributed by atoms with van der Waals surface area (Å²) in [5.41, 5.74) is 1.99. The van der Waals surface area contributed by atoms with Crippen LogP contribution in [0.3, 0.4) is 0 Å². The van der Waals surface area contributed by atoms with E-state index in [9.17, 15) is 13.2 Å². The lowest BCUT2D eigenvalue weighted by molar-refractivity contribution is 0.0983. The molecule has 1 amide bonds. The number of benzene rings is 3. The second-order valence-corrected chi connectivity index (χ2v) is 11.9. The summed E-state index contributed by atoms with van der Waals surface area (Å²) in [4.78, 5) is 20.1. The van der Waals surface area contributed by atoms with Gasteiger partial charge in [-0.1, -0.05) is 48.6 Å². The number of carbonyl (C=O) groups excluding carboxylic acids is 1. The molecule has 2 heterocycles. The van der Waals surface area contributed by atoms with E-state index in [-0.39, 0.29) is 23.9 Å². The fraction of sp³-hybridized carbons (Fsp3) is 0.200. The first kappa shape index (κ1) is 27.6. The predicted octanol–water partition coefficient (Wildman–Crippen LogP) is 6.35. The Morgan fingerprint density at radius 2 is 1.73 bits per heavy atom. The number of amides is 1. The molecule has 5 rings (SSSR count). The molecule has 0 atom stereocenters. The second-order valence-electron chi connectivity index (χ2n) is 8.97. The lowest BCUT2D eigenvalue weighted by Gasteiger charge is -2.21. The van der Waals surface area contributed by atoms with Gasteiger partial charge in [0.25, 0.3) is 5.91 Å². The summed E-state index contributed by atoms with van der Waals surface area (Å²) >= 11 is 1.38. The van der Waals surface area contributed by atoms with Gasteiger partial charge in [-0.3, -0.25) is 9.69 Å². The van der Waals surface area contributed by atoms with E-state index in [1.54, 1.807) is 42.4 Å². The Labute approximate surface area is 237 Å². The van der Waals surface area contributed by atoms with Gasteiger partial charge in [-0.25, -0.2) is 13.4 Å². The van der Waals surface area contributed by atoms with Crippen molar-refractivity contribution in [3.8, 4) is 5.75 Å². The zero-order valence-electron chi connectivity index (χ0n) is 22.2. The molecule has 40 heavy (non-hydrogen) atoms. The monoisotopic (exact) mass is 575 g/mol. The molecule has 2 aromatic heterocycles. The smallest absolute Gasteiger partial charge is 0.260 e. The minimum absolute atomic E-state index is 0.128. The van der Waals surface area contributed by atoms with Crippen LogP contribution in [0.1, 0.15) is 35.5 Å². The summed E-state index contributed by atoms with van der Waals surface area (Å²) in [6, 6.07) is 24.7. The zero-order chi connectivity index (χ0) is 28.1. The van der Waals surface area contributed by atoms with Crippen molar-refractivity contribution in [1.29, 1.82) is 0 Å². The normalized spacial score (nSPS) is 11.7.